The van der Waals surface area contributed by atoms with Gasteiger partial charge in [0.15, 0.2) is 0 Å². The Balaban J connectivity index is 0.00000400. The molecule has 0 bridgehead atoms. The smallest absolute Gasteiger partial charge is 0.269 e. The van der Waals surface area contributed by atoms with Gasteiger partial charge >= 0.3 is 0 Å². The zero-order valence-electron chi connectivity index (χ0n) is 28.6. The van der Waals surface area contributed by atoms with Gasteiger partial charge in [-0.2, -0.15) is 0 Å². The number of hydrogen-bond acceptors (Lipinski definition) is 3. The predicted molar refractivity (Wildman–Crippen MR) is 217 cm³/mol. The maximum Gasteiger partial charge on any atom is 0.269 e. The first kappa shape index (κ1) is 34.2. The van der Waals surface area contributed by atoms with E-state index in [1.54, 1.807) is 12.1 Å². The molecule has 0 saturated heterocycles. The van der Waals surface area contributed by atoms with Gasteiger partial charge in [0.05, 0.1) is 16.0 Å². The number of non-ortho nitro benzene ring substituents is 1. The van der Waals surface area contributed by atoms with E-state index in [2.05, 4.69) is 168 Å². The van der Waals surface area contributed by atoms with Crippen LogP contribution in [0.3, 0.4) is 0 Å². The van der Waals surface area contributed by atoms with E-state index in [4.69, 9.17) is 4.98 Å². The summed E-state index contributed by atoms with van der Waals surface area (Å²) in [5.41, 5.74) is 4.03. The Morgan fingerprint density at radius 1 is 0.509 bits per heavy atom. The molecular weight excluding hydrogens is 737 g/mol. The lowest BCUT2D eigenvalue weighted by atomic mass is 10.00. The molecule has 0 radical (unpaired) electrons. The molecule has 0 unspecified atom stereocenters. The maximum atomic E-state index is 11.5. The Morgan fingerprint density at radius 3 is 1.45 bits per heavy atom. The largest absolute Gasteiger partial charge is 1.00 e. The first-order valence-electron chi connectivity index (χ1n) is 17.3. The minimum atomic E-state index is -2.27. The average molecular weight is 771 g/mol. The van der Waals surface area contributed by atoms with Crippen LogP contribution in [0.1, 0.15) is 5.56 Å². The van der Waals surface area contributed by atoms with Crippen molar-refractivity contribution in [3.05, 3.63) is 204 Å². The second-order valence-electron chi connectivity index (χ2n) is 13.0. The van der Waals surface area contributed by atoms with Crippen LogP contribution in [0.15, 0.2) is 188 Å². The summed E-state index contributed by atoms with van der Waals surface area (Å²) in [6.45, 7) is 0.503. The fourth-order valence-electron chi connectivity index (χ4n) is 7.73. The van der Waals surface area contributed by atoms with Crippen molar-refractivity contribution in [1.82, 2.24) is 9.55 Å². The van der Waals surface area contributed by atoms with Crippen molar-refractivity contribution >= 4 is 66.7 Å². The minimum absolute atomic E-state index is 0. The molecule has 9 aromatic rings. The number of nitro benzene ring substituents is 1. The molecule has 5 nitrogen and oxygen atoms in total. The van der Waals surface area contributed by atoms with E-state index in [0.717, 1.165) is 44.1 Å². The molecule has 0 fully saturated rings. The van der Waals surface area contributed by atoms with Gasteiger partial charge < -0.3 is 21.5 Å². The van der Waals surface area contributed by atoms with Crippen LogP contribution in [-0.2, 0) is 6.54 Å². The molecule has 9 rings (SSSR count). The number of benzene rings is 8. The zero-order chi connectivity index (χ0) is 35.1. The standard InChI is InChI=1S/C46H33N3O2P.BrH/c50-49(51)35-28-24-33(25-29-35)32-48-45-43-23-13-11-21-41(43)40-20-10-12-22-42(40)44(45)47-46(48)34-26-30-39(31-27-34)52(36-14-4-1-5-15-36,37-16-6-2-7-17-37)38-18-8-3-9-19-38;/h1-31H,32H2;1H/q+1;/p-1. The molecule has 1 aromatic heterocycles. The predicted octanol–water partition coefficient (Wildman–Crippen LogP) is 6.59. The van der Waals surface area contributed by atoms with Crippen molar-refractivity contribution < 1.29 is 21.9 Å². The molecule has 1 heterocycles. The van der Waals surface area contributed by atoms with E-state index in [1.165, 1.54) is 26.6 Å². The highest BCUT2D eigenvalue weighted by atomic mass is 79.9. The summed E-state index contributed by atoms with van der Waals surface area (Å²) >= 11 is 0. The molecule has 0 atom stereocenters. The van der Waals surface area contributed by atoms with Gasteiger partial charge in [0.1, 0.15) is 34.3 Å². The molecule has 7 heteroatoms. The summed E-state index contributed by atoms with van der Waals surface area (Å²) in [4.78, 5) is 16.6. The molecule has 0 amide bonds. The van der Waals surface area contributed by atoms with Gasteiger partial charge in [0.2, 0.25) is 0 Å². The minimum Gasteiger partial charge on any atom is -1.00 e. The van der Waals surface area contributed by atoms with Gasteiger partial charge in [-0.05, 0) is 77.0 Å². The van der Waals surface area contributed by atoms with Crippen molar-refractivity contribution in [2.75, 3.05) is 0 Å². The molecule has 0 N–H and O–H groups in total. The van der Waals surface area contributed by atoms with Crippen LogP contribution < -0.4 is 38.2 Å². The number of fused-ring (bicyclic) bond motifs is 6. The summed E-state index contributed by atoms with van der Waals surface area (Å²) in [6, 6.07) is 65.5. The molecular formula is C46H33BrN3O2P. The van der Waals surface area contributed by atoms with Gasteiger partial charge in [-0.1, -0.05) is 115 Å². The molecule has 0 spiro atoms. The van der Waals surface area contributed by atoms with E-state index in [-0.39, 0.29) is 27.6 Å². The third-order valence-electron chi connectivity index (χ3n) is 10.1. The lowest BCUT2D eigenvalue weighted by molar-refractivity contribution is -0.384. The SMILES string of the molecule is O=[N+]([O-])c1ccc(Cn2c(-c3ccc([P+](c4ccccc4)(c4ccccc4)c4ccccc4)cc3)nc3c4ccccc4c4ccccc4c32)cc1.[Br-]. The number of nitrogens with zero attached hydrogens (tertiary/aromatic N) is 3. The van der Waals surface area contributed by atoms with Gasteiger partial charge in [-0.25, -0.2) is 4.98 Å². The van der Waals surface area contributed by atoms with Crippen molar-refractivity contribution in [2.45, 2.75) is 6.54 Å². The van der Waals surface area contributed by atoms with E-state index in [0.29, 0.717) is 6.54 Å². The van der Waals surface area contributed by atoms with Crippen LogP contribution in [0.2, 0.25) is 0 Å². The van der Waals surface area contributed by atoms with Crippen LogP contribution in [0, 0.1) is 10.1 Å². The van der Waals surface area contributed by atoms with Crippen LogP contribution in [0.25, 0.3) is 44.0 Å². The molecule has 256 valence electrons. The number of aromatic nitrogens is 2. The average Bonchev–Trinajstić information content (AvgIpc) is 3.59. The summed E-state index contributed by atoms with van der Waals surface area (Å²) in [7, 11) is -2.27. The molecule has 0 aliphatic heterocycles. The van der Waals surface area contributed by atoms with E-state index >= 15 is 0 Å². The first-order valence-corrected chi connectivity index (χ1v) is 19.1. The van der Waals surface area contributed by atoms with Crippen LogP contribution in [-0.4, -0.2) is 14.5 Å². The van der Waals surface area contributed by atoms with Crippen molar-refractivity contribution in [1.29, 1.82) is 0 Å². The van der Waals surface area contributed by atoms with Crippen LogP contribution in [0.5, 0.6) is 0 Å². The third-order valence-corrected chi connectivity index (χ3v) is 14.3. The Morgan fingerprint density at radius 2 is 0.943 bits per heavy atom. The van der Waals surface area contributed by atoms with E-state index in [9.17, 15) is 10.1 Å². The zero-order valence-corrected chi connectivity index (χ0v) is 31.1. The van der Waals surface area contributed by atoms with E-state index < -0.39 is 7.26 Å². The van der Waals surface area contributed by atoms with Crippen molar-refractivity contribution in [2.24, 2.45) is 0 Å². The molecule has 8 aromatic carbocycles. The number of rotatable bonds is 8. The first-order chi connectivity index (χ1) is 25.6. The Bertz CT molecular complexity index is 2620. The Labute approximate surface area is 318 Å². The number of imidazole rings is 1. The number of hydrogen-bond donors (Lipinski definition) is 0. The van der Waals surface area contributed by atoms with Gasteiger partial charge in [-0.15, -0.1) is 0 Å². The normalized spacial score (nSPS) is 11.5. The summed E-state index contributed by atoms with van der Waals surface area (Å²) in [6.07, 6.45) is 0. The maximum absolute atomic E-state index is 11.5. The summed E-state index contributed by atoms with van der Waals surface area (Å²) < 4.78 is 2.29. The van der Waals surface area contributed by atoms with Crippen molar-refractivity contribution in [3.8, 4) is 11.4 Å². The van der Waals surface area contributed by atoms with Gasteiger partial charge in [0, 0.05) is 35.0 Å². The summed E-state index contributed by atoms with van der Waals surface area (Å²) in [5, 5.41) is 21.2. The molecule has 0 saturated carbocycles. The third kappa shape index (κ3) is 5.81. The molecule has 0 aliphatic carbocycles. The highest BCUT2D eigenvalue weighted by molar-refractivity contribution is 8.01. The monoisotopic (exact) mass is 769 g/mol. The van der Waals surface area contributed by atoms with E-state index in [1.807, 2.05) is 12.1 Å². The Hall–Kier alpha value is -5.94. The van der Waals surface area contributed by atoms with Crippen LogP contribution in [0.4, 0.5) is 5.69 Å². The van der Waals surface area contributed by atoms with Gasteiger partial charge in [0.25, 0.3) is 5.69 Å². The highest BCUT2D eigenvalue weighted by Crippen LogP contribution is 2.54. The molecule has 0 aliphatic rings. The number of halogens is 1. The van der Waals surface area contributed by atoms with Crippen LogP contribution >= 0.6 is 7.26 Å². The van der Waals surface area contributed by atoms with Gasteiger partial charge in [-0.3, -0.25) is 10.1 Å². The highest BCUT2D eigenvalue weighted by Gasteiger charge is 2.47. The van der Waals surface area contributed by atoms with Crippen molar-refractivity contribution in [3.63, 3.8) is 0 Å². The second-order valence-corrected chi connectivity index (χ2v) is 16.4. The molecule has 53 heavy (non-hydrogen) atoms. The Kier molecular flexibility index (Phi) is 9.17. The lowest BCUT2D eigenvalue weighted by Gasteiger charge is -2.27. The number of nitro groups is 1. The second kappa shape index (κ2) is 14.2. The lowest BCUT2D eigenvalue weighted by Crippen LogP contribution is -3.00. The fraction of sp³-hybridized carbons (Fsp3) is 0.0217. The fourth-order valence-corrected chi connectivity index (χ4v) is 12.0. The summed E-state index contributed by atoms with van der Waals surface area (Å²) in [5.74, 6) is 0.851. The topological polar surface area (TPSA) is 61.0 Å². The quantitative estimate of drug-likeness (QED) is 0.0759.